The van der Waals surface area contributed by atoms with Gasteiger partial charge in [-0.1, -0.05) is 35.0 Å². The molecule has 0 aliphatic rings. The quantitative estimate of drug-likeness (QED) is 0.860. The van der Waals surface area contributed by atoms with Crippen LogP contribution < -0.4 is 0 Å². The van der Waals surface area contributed by atoms with Crippen molar-refractivity contribution in [3.63, 3.8) is 0 Å². The lowest BCUT2D eigenvalue weighted by atomic mass is 10.2. The van der Waals surface area contributed by atoms with Crippen LogP contribution in [-0.2, 0) is 5.75 Å². The molecule has 1 aromatic heterocycles. The van der Waals surface area contributed by atoms with Crippen LogP contribution in [0.2, 0.25) is 10.0 Å². The van der Waals surface area contributed by atoms with Crippen LogP contribution in [0, 0.1) is 0 Å². The Morgan fingerprint density at radius 1 is 1.33 bits per heavy atom. The number of halogens is 2. The third kappa shape index (κ3) is 2.87. The summed E-state index contributed by atoms with van der Waals surface area (Å²) in [4.78, 5) is 4.00. The number of hydrogen-bond donors (Lipinski definition) is 1. The van der Waals surface area contributed by atoms with Crippen LogP contribution in [-0.4, -0.2) is 15.2 Å². The van der Waals surface area contributed by atoms with Gasteiger partial charge < -0.3 is 0 Å². The number of hydrogen-bond acceptors (Lipinski definition) is 3. The van der Waals surface area contributed by atoms with Crippen molar-refractivity contribution < 1.29 is 0 Å². The molecule has 0 aliphatic heterocycles. The van der Waals surface area contributed by atoms with Crippen molar-refractivity contribution in [2.75, 3.05) is 0 Å². The summed E-state index contributed by atoms with van der Waals surface area (Å²) < 4.78 is 0. The number of benzene rings is 1. The van der Waals surface area contributed by atoms with E-state index in [2.05, 4.69) is 15.2 Å². The Morgan fingerprint density at radius 3 is 2.93 bits per heavy atom. The number of rotatable bonds is 3. The van der Waals surface area contributed by atoms with E-state index in [0.717, 1.165) is 10.7 Å². The summed E-state index contributed by atoms with van der Waals surface area (Å²) in [5, 5.41) is 8.70. The Bertz CT molecular complexity index is 445. The van der Waals surface area contributed by atoms with E-state index in [1.54, 1.807) is 12.1 Å². The van der Waals surface area contributed by atoms with Crippen LogP contribution in [0.4, 0.5) is 0 Å². The Kier molecular flexibility index (Phi) is 3.51. The van der Waals surface area contributed by atoms with Crippen molar-refractivity contribution in [1.82, 2.24) is 15.2 Å². The molecule has 1 heterocycles. The molecule has 0 amide bonds. The molecule has 0 saturated carbocycles. The maximum atomic E-state index is 6.02. The average molecular weight is 260 g/mol. The maximum absolute atomic E-state index is 6.02. The van der Waals surface area contributed by atoms with Crippen LogP contribution >= 0.6 is 35.0 Å². The number of aromatic nitrogens is 3. The van der Waals surface area contributed by atoms with Gasteiger partial charge in [-0.05, 0) is 23.8 Å². The Hall–Kier alpha value is -0.710. The lowest BCUT2D eigenvalue weighted by Gasteiger charge is -2.02. The third-order valence-electron chi connectivity index (χ3n) is 1.77. The molecule has 78 valence electrons. The molecular formula is C9H7Cl2N3S. The molecule has 0 aliphatic carbocycles. The molecule has 1 N–H and O–H groups in total. The van der Waals surface area contributed by atoms with Crippen LogP contribution in [0.5, 0.6) is 0 Å². The smallest absolute Gasteiger partial charge is 0.183 e. The molecule has 3 nitrogen and oxygen atoms in total. The summed E-state index contributed by atoms with van der Waals surface area (Å²) in [7, 11) is 0. The largest absolute Gasteiger partial charge is 0.254 e. The minimum atomic E-state index is 0.688. The van der Waals surface area contributed by atoms with Gasteiger partial charge in [-0.15, -0.1) is 0 Å². The zero-order valence-corrected chi connectivity index (χ0v) is 9.90. The van der Waals surface area contributed by atoms with E-state index in [1.807, 2.05) is 6.07 Å². The van der Waals surface area contributed by atoms with Gasteiger partial charge in [0.05, 0.1) is 0 Å². The molecule has 0 unspecified atom stereocenters. The van der Waals surface area contributed by atoms with Crippen LogP contribution in [0.1, 0.15) is 5.56 Å². The normalized spacial score (nSPS) is 10.5. The van der Waals surface area contributed by atoms with Crippen molar-refractivity contribution in [2.45, 2.75) is 10.9 Å². The SMILES string of the molecule is Clc1ccc(Cl)c(CSc2ncn[nH]2)c1. The zero-order valence-electron chi connectivity index (χ0n) is 7.58. The molecule has 6 heteroatoms. The van der Waals surface area contributed by atoms with Gasteiger partial charge in [0.2, 0.25) is 0 Å². The monoisotopic (exact) mass is 259 g/mol. The summed E-state index contributed by atoms with van der Waals surface area (Å²) in [5.41, 5.74) is 0.991. The van der Waals surface area contributed by atoms with Gasteiger partial charge in [0.1, 0.15) is 6.33 Å². The Labute approximate surface area is 101 Å². The summed E-state index contributed by atoms with van der Waals surface area (Å²) >= 11 is 13.4. The van der Waals surface area contributed by atoms with Crippen molar-refractivity contribution in [1.29, 1.82) is 0 Å². The highest BCUT2D eigenvalue weighted by Gasteiger charge is 2.03. The van der Waals surface area contributed by atoms with Crippen molar-refractivity contribution in [2.24, 2.45) is 0 Å². The minimum absolute atomic E-state index is 0.688. The van der Waals surface area contributed by atoms with Crippen LogP contribution in [0.25, 0.3) is 0 Å². The third-order valence-corrected chi connectivity index (χ3v) is 3.29. The van der Waals surface area contributed by atoms with E-state index in [0.29, 0.717) is 15.8 Å². The lowest BCUT2D eigenvalue weighted by Crippen LogP contribution is -1.84. The number of thioether (sulfide) groups is 1. The number of aromatic amines is 1. The van der Waals surface area contributed by atoms with E-state index in [1.165, 1.54) is 18.1 Å². The molecular weight excluding hydrogens is 253 g/mol. The van der Waals surface area contributed by atoms with Gasteiger partial charge >= 0.3 is 0 Å². The van der Waals surface area contributed by atoms with Crippen molar-refractivity contribution in [3.8, 4) is 0 Å². The molecule has 0 atom stereocenters. The van der Waals surface area contributed by atoms with Gasteiger partial charge in [-0.25, -0.2) is 4.98 Å². The highest BCUT2D eigenvalue weighted by Crippen LogP contribution is 2.26. The average Bonchev–Trinajstić information content (AvgIpc) is 2.72. The summed E-state index contributed by atoms with van der Waals surface area (Å²) in [5.74, 6) is 0.717. The first-order valence-electron chi connectivity index (χ1n) is 4.18. The van der Waals surface area contributed by atoms with E-state index >= 15 is 0 Å². The molecule has 0 spiro atoms. The lowest BCUT2D eigenvalue weighted by molar-refractivity contribution is 0.973. The van der Waals surface area contributed by atoms with Crippen molar-refractivity contribution >= 4 is 35.0 Å². The molecule has 0 fully saturated rings. The highest BCUT2D eigenvalue weighted by atomic mass is 35.5. The van der Waals surface area contributed by atoms with Crippen LogP contribution in [0.3, 0.4) is 0 Å². The van der Waals surface area contributed by atoms with Crippen LogP contribution in [0.15, 0.2) is 29.7 Å². The number of H-pyrrole nitrogens is 1. The molecule has 2 rings (SSSR count). The molecule has 15 heavy (non-hydrogen) atoms. The predicted octanol–water partition coefficient (Wildman–Crippen LogP) is 3.40. The summed E-state index contributed by atoms with van der Waals surface area (Å²) in [6.07, 6.45) is 1.47. The standard InChI is InChI=1S/C9H7Cl2N3S/c10-7-1-2-8(11)6(3-7)4-15-9-12-5-13-14-9/h1-3,5H,4H2,(H,12,13,14). The van der Waals surface area contributed by atoms with Gasteiger partial charge in [0.25, 0.3) is 0 Å². The minimum Gasteiger partial charge on any atom is -0.254 e. The molecule has 0 saturated heterocycles. The van der Waals surface area contributed by atoms with Gasteiger partial charge in [0.15, 0.2) is 5.16 Å². The van der Waals surface area contributed by atoms with E-state index in [4.69, 9.17) is 23.2 Å². The molecule has 0 bridgehead atoms. The van der Waals surface area contributed by atoms with E-state index in [9.17, 15) is 0 Å². The number of nitrogens with zero attached hydrogens (tertiary/aromatic N) is 2. The van der Waals surface area contributed by atoms with E-state index in [-0.39, 0.29) is 0 Å². The second-order valence-corrected chi connectivity index (χ2v) is 4.62. The number of nitrogens with one attached hydrogen (secondary N) is 1. The summed E-state index contributed by atoms with van der Waals surface area (Å²) in [6, 6.07) is 5.42. The fourth-order valence-corrected chi connectivity index (χ4v) is 2.29. The van der Waals surface area contributed by atoms with Crippen molar-refractivity contribution in [3.05, 3.63) is 40.1 Å². The highest BCUT2D eigenvalue weighted by molar-refractivity contribution is 7.98. The predicted molar refractivity (Wildman–Crippen MR) is 62.4 cm³/mol. The Morgan fingerprint density at radius 2 is 2.20 bits per heavy atom. The first kappa shape index (κ1) is 10.8. The zero-order chi connectivity index (χ0) is 10.7. The topological polar surface area (TPSA) is 41.6 Å². The second-order valence-electron chi connectivity index (χ2n) is 2.82. The maximum Gasteiger partial charge on any atom is 0.183 e. The van der Waals surface area contributed by atoms with Gasteiger partial charge in [-0.3, -0.25) is 5.10 Å². The first-order valence-corrected chi connectivity index (χ1v) is 5.92. The van der Waals surface area contributed by atoms with E-state index < -0.39 is 0 Å². The first-order chi connectivity index (χ1) is 7.25. The molecule has 1 aromatic carbocycles. The fraction of sp³-hybridized carbons (Fsp3) is 0.111. The summed E-state index contributed by atoms with van der Waals surface area (Å²) in [6.45, 7) is 0. The fourth-order valence-electron chi connectivity index (χ4n) is 1.06. The second kappa shape index (κ2) is 4.88. The molecule has 0 radical (unpaired) electrons. The van der Waals surface area contributed by atoms with Gasteiger partial charge in [0, 0.05) is 15.8 Å². The Balaban J connectivity index is 2.07. The van der Waals surface area contributed by atoms with Gasteiger partial charge in [-0.2, -0.15) is 5.10 Å². The molecule has 2 aromatic rings.